The Balaban J connectivity index is 1.84. The number of rotatable bonds is 2. The van der Waals surface area contributed by atoms with Gasteiger partial charge in [0.05, 0.1) is 17.8 Å². The number of amides is 1. The number of ether oxygens (including phenoxy) is 1. The Kier molecular flexibility index (Phi) is 3.78. The van der Waals surface area contributed by atoms with Gasteiger partial charge in [0.15, 0.2) is 0 Å². The summed E-state index contributed by atoms with van der Waals surface area (Å²) in [7, 11) is 0. The van der Waals surface area contributed by atoms with Crippen LogP contribution in [0.2, 0.25) is 0 Å². The van der Waals surface area contributed by atoms with E-state index in [-0.39, 0.29) is 17.6 Å². The number of hydrogen-bond donors (Lipinski definition) is 1. The second-order valence-corrected chi connectivity index (χ2v) is 7.26. The molecule has 0 aromatic carbocycles. The quantitative estimate of drug-likeness (QED) is 0.907. The van der Waals surface area contributed by atoms with Gasteiger partial charge in [-0.1, -0.05) is 0 Å². The van der Waals surface area contributed by atoms with Crippen molar-refractivity contribution in [2.45, 2.75) is 58.1 Å². The molecule has 0 spiro atoms. The predicted molar refractivity (Wildman–Crippen MR) is 83.5 cm³/mol. The standard InChI is InChI=1S/C17H22N2O4/c1-17(2,3)23-16(22)19-7-6-13-11(9-19)8-12(15(20)21)14(18-13)10-4-5-10/h8,10H,4-7,9H2,1-3H3,(H,20,21). The Bertz CT molecular complexity index is 659. The van der Waals surface area contributed by atoms with E-state index in [0.717, 1.165) is 24.1 Å². The smallest absolute Gasteiger partial charge is 0.410 e. The fourth-order valence-corrected chi connectivity index (χ4v) is 2.81. The highest BCUT2D eigenvalue weighted by atomic mass is 16.6. The molecular weight excluding hydrogens is 296 g/mol. The van der Waals surface area contributed by atoms with Crippen LogP contribution >= 0.6 is 0 Å². The van der Waals surface area contributed by atoms with Crippen LogP contribution in [-0.4, -0.2) is 39.2 Å². The molecule has 6 heteroatoms. The van der Waals surface area contributed by atoms with Gasteiger partial charge in [-0.05, 0) is 45.2 Å². The van der Waals surface area contributed by atoms with E-state index in [1.54, 1.807) is 11.0 Å². The maximum atomic E-state index is 12.2. The Morgan fingerprint density at radius 1 is 1.35 bits per heavy atom. The van der Waals surface area contributed by atoms with Gasteiger partial charge >= 0.3 is 12.1 Å². The first kappa shape index (κ1) is 15.8. The Hall–Kier alpha value is -2.11. The minimum Gasteiger partial charge on any atom is -0.478 e. The molecule has 1 saturated carbocycles. The third-order valence-electron chi connectivity index (χ3n) is 4.05. The molecule has 0 atom stereocenters. The maximum absolute atomic E-state index is 12.2. The summed E-state index contributed by atoms with van der Waals surface area (Å²) in [6, 6.07) is 1.69. The monoisotopic (exact) mass is 318 g/mol. The number of carboxylic acids is 1. The zero-order chi connectivity index (χ0) is 16.8. The van der Waals surface area contributed by atoms with Crippen molar-refractivity contribution >= 4 is 12.1 Å². The molecule has 1 aliphatic carbocycles. The number of hydrogen-bond acceptors (Lipinski definition) is 4. The third-order valence-corrected chi connectivity index (χ3v) is 4.05. The number of aromatic nitrogens is 1. The van der Waals surface area contributed by atoms with Crippen molar-refractivity contribution in [1.82, 2.24) is 9.88 Å². The molecule has 1 aromatic heterocycles. The van der Waals surface area contributed by atoms with Crippen LogP contribution < -0.4 is 0 Å². The highest BCUT2D eigenvalue weighted by Crippen LogP contribution is 2.41. The van der Waals surface area contributed by atoms with Crippen LogP contribution in [0.15, 0.2) is 6.07 Å². The molecule has 2 heterocycles. The second kappa shape index (κ2) is 5.51. The molecule has 0 radical (unpaired) electrons. The van der Waals surface area contributed by atoms with E-state index in [2.05, 4.69) is 4.98 Å². The van der Waals surface area contributed by atoms with Gasteiger partial charge in [-0.2, -0.15) is 0 Å². The summed E-state index contributed by atoms with van der Waals surface area (Å²) in [6.45, 7) is 6.38. The molecule has 0 unspecified atom stereocenters. The van der Waals surface area contributed by atoms with E-state index < -0.39 is 11.6 Å². The molecule has 1 aliphatic heterocycles. The molecule has 6 nitrogen and oxygen atoms in total. The average Bonchev–Trinajstić information content (AvgIpc) is 3.27. The number of nitrogens with zero attached hydrogens (tertiary/aromatic N) is 2. The van der Waals surface area contributed by atoms with Gasteiger partial charge in [-0.15, -0.1) is 0 Å². The van der Waals surface area contributed by atoms with Gasteiger partial charge < -0.3 is 14.7 Å². The molecule has 124 valence electrons. The Labute approximate surface area is 135 Å². The van der Waals surface area contributed by atoms with Crippen molar-refractivity contribution in [3.63, 3.8) is 0 Å². The molecule has 1 aromatic rings. The fraction of sp³-hybridized carbons (Fsp3) is 0.588. The maximum Gasteiger partial charge on any atom is 0.410 e. The van der Waals surface area contributed by atoms with E-state index in [0.29, 0.717) is 25.2 Å². The van der Waals surface area contributed by atoms with Gasteiger partial charge in [0.2, 0.25) is 0 Å². The molecule has 23 heavy (non-hydrogen) atoms. The summed E-state index contributed by atoms with van der Waals surface area (Å²) < 4.78 is 5.39. The number of fused-ring (bicyclic) bond motifs is 1. The fourth-order valence-electron chi connectivity index (χ4n) is 2.81. The SMILES string of the molecule is CC(C)(C)OC(=O)N1CCc2nc(C3CC3)c(C(=O)O)cc2C1. The molecular formula is C17H22N2O4. The van der Waals surface area contributed by atoms with Crippen LogP contribution in [0.5, 0.6) is 0 Å². The summed E-state index contributed by atoms with van der Waals surface area (Å²) in [4.78, 5) is 29.9. The summed E-state index contributed by atoms with van der Waals surface area (Å²) in [5.74, 6) is -0.660. The van der Waals surface area contributed by atoms with E-state index in [1.165, 1.54) is 0 Å². The summed E-state index contributed by atoms with van der Waals surface area (Å²) in [6.07, 6.45) is 2.28. The van der Waals surface area contributed by atoms with Gasteiger partial charge in [0.25, 0.3) is 0 Å². The van der Waals surface area contributed by atoms with Crippen LogP contribution in [0.4, 0.5) is 4.79 Å². The topological polar surface area (TPSA) is 79.7 Å². The average molecular weight is 318 g/mol. The number of pyridine rings is 1. The first-order chi connectivity index (χ1) is 10.7. The van der Waals surface area contributed by atoms with Crippen LogP contribution in [0.1, 0.15) is 66.8 Å². The van der Waals surface area contributed by atoms with Gasteiger partial charge in [0, 0.05) is 24.6 Å². The lowest BCUT2D eigenvalue weighted by molar-refractivity contribution is 0.0222. The van der Waals surface area contributed by atoms with E-state index >= 15 is 0 Å². The Morgan fingerprint density at radius 2 is 2.04 bits per heavy atom. The number of carboxylic acid groups (broad SMARTS) is 1. The van der Waals surface area contributed by atoms with Crippen LogP contribution in [-0.2, 0) is 17.7 Å². The normalized spacial score (nSPS) is 17.6. The molecule has 0 saturated heterocycles. The van der Waals surface area contributed by atoms with E-state index in [9.17, 15) is 14.7 Å². The van der Waals surface area contributed by atoms with Crippen molar-refractivity contribution in [2.75, 3.05) is 6.54 Å². The first-order valence-corrected chi connectivity index (χ1v) is 7.98. The summed E-state index contributed by atoms with van der Waals surface area (Å²) in [5.41, 5.74) is 2.16. The zero-order valence-corrected chi connectivity index (χ0v) is 13.8. The number of carbonyl (C=O) groups is 2. The molecule has 2 aliphatic rings. The Morgan fingerprint density at radius 3 is 2.61 bits per heavy atom. The van der Waals surface area contributed by atoms with Gasteiger partial charge in [-0.3, -0.25) is 4.98 Å². The van der Waals surface area contributed by atoms with Crippen molar-refractivity contribution in [3.8, 4) is 0 Å². The lowest BCUT2D eigenvalue weighted by Crippen LogP contribution is -2.40. The second-order valence-electron chi connectivity index (χ2n) is 7.26. The van der Waals surface area contributed by atoms with Crippen molar-refractivity contribution in [3.05, 3.63) is 28.6 Å². The largest absolute Gasteiger partial charge is 0.478 e. The highest BCUT2D eigenvalue weighted by Gasteiger charge is 2.33. The number of aromatic carboxylic acids is 1. The van der Waals surface area contributed by atoms with Crippen molar-refractivity contribution < 1.29 is 19.4 Å². The lowest BCUT2D eigenvalue weighted by Gasteiger charge is -2.31. The molecule has 1 fully saturated rings. The summed E-state index contributed by atoms with van der Waals surface area (Å²) >= 11 is 0. The molecule has 1 amide bonds. The lowest BCUT2D eigenvalue weighted by atomic mass is 10.00. The van der Waals surface area contributed by atoms with E-state index in [4.69, 9.17) is 4.74 Å². The molecule has 3 rings (SSSR count). The first-order valence-electron chi connectivity index (χ1n) is 7.98. The van der Waals surface area contributed by atoms with Crippen LogP contribution in [0, 0.1) is 0 Å². The highest BCUT2D eigenvalue weighted by molar-refractivity contribution is 5.89. The third kappa shape index (κ3) is 3.46. The minimum atomic E-state index is -0.948. The van der Waals surface area contributed by atoms with Gasteiger partial charge in [0.1, 0.15) is 5.60 Å². The minimum absolute atomic E-state index is 0.275. The van der Waals surface area contributed by atoms with E-state index in [1.807, 2.05) is 20.8 Å². The molecule has 0 bridgehead atoms. The predicted octanol–water partition coefficient (Wildman–Crippen LogP) is 2.95. The van der Waals surface area contributed by atoms with Crippen molar-refractivity contribution in [2.24, 2.45) is 0 Å². The number of carbonyl (C=O) groups excluding carboxylic acids is 1. The van der Waals surface area contributed by atoms with Crippen molar-refractivity contribution in [1.29, 1.82) is 0 Å². The van der Waals surface area contributed by atoms with Gasteiger partial charge in [-0.25, -0.2) is 9.59 Å². The molecule has 1 N–H and O–H groups in total. The van der Waals surface area contributed by atoms with Crippen LogP contribution in [0.3, 0.4) is 0 Å². The zero-order valence-electron chi connectivity index (χ0n) is 13.8. The summed E-state index contributed by atoms with van der Waals surface area (Å²) in [5, 5.41) is 9.43. The van der Waals surface area contributed by atoms with Crippen LogP contribution in [0.25, 0.3) is 0 Å².